The van der Waals surface area contributed by atoms with Crippen molar-refractivity contribution in [2.24, 2.45) is 5.92 Å². The van der Waals surface area contributed by atoms with Gasteiger partial charge in [0.15, 0.2) is 0 Å². The van der Waals surface area contributed by atoms with Crippen molar-refractivity contribution in [1.29, 1.82) is 0 Å². The minimum atomic E-state index is 0.856. The molecule has 1 aromatic rings. The van der Waals surface area contributed by atoms with Crippen LogP contribution in [0.1, 0.15) is 12.0 Å². The SMILES string of the molecule is Cc1ccc(NCCN(C)CC2CCN(C)C2)cc1. The van der Waals surface area contributed by atoms with Crippen LogP contribution in [0, 0.1) is 12.8 Å². The Bertz CT molecular complexity index is 374. The van der Waals surface area contributed by atoms with E-state index in [1.165, 1.54) is 37.3 Å². The zero-order valence-corrected chi connectivity index (χ0v) is 12.5. The highest BCUT2D eigenvalue weighted by Crippen LogP contribution is 2.15. The summed E-state index contributed by atoms with van der Waals surface area (Å²) in [5, 5.41) is 3.48. The molecule has 0 aliphatic carbocycles. The second-order valence-corrected chi connectivity index (χ2v) is 5.97. The molecule has 0 spiro atoms. The molecule has 19 heavy (non-hydrogen) atoms. The molecule has 1 N–H and O–H groups in total. The molecule has 1 fully saturated rings. The summed E-state index contributed by atoms with van der Waals surface area (Å²) in [5.41, 5.74) is 2.53. The first-order chi connectivity index (χ1) is 9.13. The summed E-state index contributed by atoms with van der Waals surface area (Å²) in [6.07, 6.45) is 1.35. The molecule has 3 nitrogen and oxygen atoms in total. The molecule has 106 valence electrons. The maximum atomic E-state index is 3.48. The summed E-state index contributed by atoms with van der Waals surface area (Å²) in [7, 11) is 4.45. The number of hydrogen-bond acceptors (Lipinski definition) is 3. The fraction of sp³-hybridized carbons (Fsp3) is 0.625. The molecule has 0 radical (unpaired) electrons. The first-order valence-electron chi connectivity index (χ1n) is 7.31. The molecule has 1 saturated heterocycles. The number of anilines is 1. The monoisotopic (exact) mass is 261 g/mol. The van der Waals surface area contributed by atoms with E-state index in [9.17, 15) is 0 Å². The van der Waals surface area contributed by atoms with Gasteiger partial charge in [0.25, 0.3) is 0 Å². The van der Waals surface area contributed by atoms with Gasteiger partial charge in [-0.2, -0.15) is 0 Å². The second kappa shape index (κ2) is 6.92. The van der Waals surface area contributed by atoms with Gasteiger partial charge in [-0.15, -0.1) is 0 Å². The lowest BCUT2D eigenvalue weighted by Gasteiger charge is -2.21. The molecular weight excluding hydrogens is 234 g/mol. The van der Waals surface area contributed by atoms with Gasteiger partial charge in [-0.05, 0) is 52.0 Å². The van der Waals surface area contributed by atoms with Crippen LogP contribution in [-0.2, 0) is 0 Å². The number of nitrogens with one attached hydrogen (secondary N) is 1. The first kappa shape index (κ1) is 14.4. The lowest BCUT2D eigenvalue weighted by molar-refractivity contribution is 0.281. The fourth-order valence-electron chi connectivity index (χ4n) is 2.77. The summed E-state index contributed by atoms with van der Waals surface area (Å²) in [6, 6.07) is 8.61. The second-order valence-electron chi connectivity index (χ2n) is 5.97. The molecule has 1 atom stereocenters. The minimum Gasteiger partial charge on any atom is -0.384 e. The zero-order chi connectivity index (χ0) is 13.7. The zero-order valence-electron chi connectivity index (χ0n) is 12.5. The van der Waals surface area contributed by atoms with E-state index in [0.29, 0.717) is 0 Å². The van der Waals surface area contributed by atoms with Crippen molar-refractivity contribution >= 4 is 5.69 Å². The highest BCUT2D eigenvalue weighted by molar-refractivity contribution is 5.44. The van der Waals surface area contributed by atoms with Crippen molar-refractivity contribution in [3.8, 4) is 0 Å². The molecular formula is C16H27N3. The Kier molecular flexibility index (Phi) is 5.23. The lowest BCUT2D eigenvalue weighted by atomic mass is 10.1. The Hall–Kier alpha value is -1.06. The van der Waals surface area contributed by atoms with E-state index in [1.807, 2.05) is 0 Å². The number of likely N-dealkylation sites (tertiary alicyclic amines) is 1. The largest absolute Gasteiger partial charge is 0.384 e. The van der Waals surface area contributed by atoms with Gasteiger partial charge >= 0.3 is 0 Å². The lowest BCUT2D eigenvalue weighted by Crippen LogP contribution is -2.31. The smallest absolute Gasteiger partial charge is 0.0340 e. The van der Waals surface area contributed by atoms with Gasteiger partial charge in [0.1, 0.15) is 0 Å². The van der Waals surface area contributed by atoms with Crippen LogP contribution >= 0.6 is 0 Å². The van der Waals surface area contributed by atoms with Crippen LogP contribution in [0.4, 0.5) is 5.69 Å². The standard InChI is InChI=1S/C16H27N3/c1-14-4-6-16(7-5-14)17-9-11-19(3)13-15-8-10-18(2)12-15/h4-7,15,17H,8-13H2,1-3H3. The van der Waals surface area contributed by atoms with Crippen LogP contribution in [0.15, 0.2) is 24.3 Å². The van der Waals surface area contributed by atoms with E-state index in [2.05, 4.69) is 60.4 Å². The van der Waals surface area contributed by atoms with Crippen LogP contribution < -0.4 is 5.32 Å². The minimum absolute atomic E-state index is 0.856. The maximum Gasteiger partial charge on any atom is 0.0340 e. The van der Waals surface area contributed by atoms with Gasteiger partial charge in [-0.25, -0.2) is 0 Å². The Labute approximate surface area is 117 Å². The van der Waals surface area contributed by atoms with Crippen LogP contribution in [-0.4, -0.2) is 56.6 Å². The van der Waals surface area contributed by atoms with Crippen molar-refractivity contribution < 1.29 is 0 Å². The molecule has 1 aliphatic heterocycles. The van der Waals surface area contributed by atoms with Crippen molar-refractivity contribution in [2.45, 2.75) is 13.3 Å². The van der Waals surface area contributed by atoms with Crippen LogP contribution in [0.5, 0.6) is 0 Å². The van der Waals surface area contributed by atoms with Gasteiger partial charge in [-0.3, -0.25) is 0 Å². The van der Waals surface area contributed by atoms with Crippen molar-refractivity contribution in [3.63, 3.8) is 0 Å². The predicted octanol–water partition coefficient (Wildman–Crippen LogP) is 2.29. The van der Waals surface area contributed by atoms with Crippen molar-refractivity contribution in [2.75, 3.05) is 52.1 Å². The number of benzene rings is 1. The van der Waals surface area contributed by atoms with E-state index in [4.69, 9.17) is 0 Å². The third-order valence-corrected chi connectivity index (χ3v) is 3.93. The highest BCUT2D eigenvalue weighted by Gasteiger charge is 2.20. The molecule has 0 bridgehead atoms. The molecule has 0 aromatic heterocycles. The van der Waals surface area contributed by atoms with Crippen molar-refractivity contribution in [3.05, 3.63) is 29.8 Å². The van der Waals surface area contributed by atoms with Gasteiger partial charge in [0.05, 0.1) is 0 Å². The maximum absolute atomic E-state index is 3.48. The Morgan fingerprint density at radius 3 is 2.68 bits per heavy atom. The topological polar surface area (TPSA) is 18.5 Å². The molecule has 0 saturated carbocycles. The van der Waals surface area contributed by atoms with Crippen molar-refractivity contribution in [1.82, 2.24) is 9.80 Å². The molecule has 1 aromatic carbocycles. The Morgan fingerprint density at radius 1 is 1.32 bits per heavy atom. The van der Waals surface area contributed by atoms with Gasteiger partial charge < -0.3 is 15.1 Å². The van der Waals surface area contributed by atoms with Crippen LogP contribution in [0.3, 0.4) is 0 Å². The van der Waals surface area contributed by atoms with Gasteiger partial charge in [0.2, 0.25) is 0 Å². The number of rotatable bonds is 6. The Balaban J connectivity index is 1.63. The number of likely N-dealkylation sites (N-methyl/N-ethyl adjacent to an activating group) is 1. The molecule has 3 heteroatoms. The first-order valence-corrected chi connectivity index (χ1v) is 7.31. The van der Waals surface area contributed by atoms with E-state index < -0.39 is 0 Å². The molecule has 1 unspecified atom stereocenters. The molecule has 1 heterocycles. The van der Waals surface area contributed by atoms with Gasteiger partial charge in [-0.1, -0.05) is 17.7 Å². The summed E-state index contributed by atoms with van der Waals surface area (Å²) in [4.78, 5) is 4.88. The molecule has 2 rings (SSSR count). The normalized spacial score (nSPS) is 20.1. The Morgan fingerprint density at radius 2 is 2.05 bits per heavy atom. The van der Waals surface area contributed by atoms with Crippen LogP contribution in [0.2, 0.25) is 0 Å². The average molecular weight is 261 g/mol. The average Bonchev–Trinajstić information content (AvgIpc) is 2.77. The van der Waals surface area contributed by atoms with Gasteiger partial charge in [0, 0.05) is 31.9 Å². The summed E-state index contributed by atoms with van der Waals surface area (Å²) >= 11 is 0. The quantitative estimate of drug-likeness (QED) is 0.847. The third kappa shape index (κ3) is 4.84. The van der Waals surface area contributed by atoms with E-state index >= 15 is 0 Å². The predicted molar refractivity (Wildman–Crippen MR) is 82.8 cm³/mol. The third-order valence-electron chi connectivity index (χ3n) is 3.93. The van der Waals surface area contributed by atoms with E-state index in [-0.39, 0.29) is 0 Å². The summed E-state index contributed by atoms with van der Waals surface area (Å²) < 4.78 is 0. The molecule has 1 aliphatic rings. The highest BCUT2D eigenvalue weighted by atomic mass is 15.2. The molecule has 0 amide bonds. The number of aryl methyl sites for hydroxylation is 1. The van der Waals surface area contributed by atoms with E-state index in [1.54, 1.807) is 0 Å². The number of nitrogens with zero attached hydrogens (tertiary/aromatic N) is 2. The fourth-order valence-corrected chi connectivity index (χ4v) is 2.77. The summed E-state index contributed by atoms with van der Waals surface area (Å²) in [6.45, 7) is 7.99. The van der Waals surface area contributed by atoms with Crippen LogP contribution in [0.25, 0.3) is 0 Å². The summed E-state index contributed by atoms with van der Waals surface area (Å²) in [5.74, 6) is 0.856. The van der Waals surface area contributed by atoms with E-state index in [0.717, 1.165) is 19.0 Å². The number of hydrogen-bond donors (Lipinski definition) is 1.